The zero-order chi connectivity index (χ0) is 23.9. The Morgan fingerprint density at radius 2 is 1.61 bits per heavy atom. The number of amides is 1. The molecule has 0 fully saturated rings. The van der Waals surface area contributed by atoms with Crippen LogP contribution in [-0.2, 0) is 21.1 Å². The summed E-state index contributed by atoms with van der Waals surface area (Å²) in [4.78, 5) is 12.4. The van der Waals surface area contributed by atoms with Crippen LogP contribution in [-0.4, -0.2) is 26.3 Å². The topological polar surface area (TPSA) is 84.8 Å². The van der Waals surface area contributed by atoms with Crippen LogP contribution in [0.3, 0.4) is 0 Å². The van der Waals surface area contributed by atoms with Crippen LogP contribution in [0.1, 0.15) is 11.1 Å². The number of halogens is 3. The van der Waals surface area contributed by atoms with Crippen molar-refractivity contribution in [3.8, 4) is 5.75 Å². The van der Waals surface area contributed by atoms with Crippen LogP contribution in [0.4, 0.5) is 13.2 Å². The van der Waals surface area contributed by atoms with E-state index >= 15 is 0 Å². The molecule has 3 aromatic carbocycles. The largest absolute Gasteiger partial charge is 0.416 e. The zero-order valence-corrected chi connectivity index (χ0v) is 18.5. The molecule has 0 saturated heterocycles. The molecule has 0 aromatic heterocycles. The molecule has 3 rings (SSSR count). The average Bonchev–Trinajstić information content (AvgIpc) is 2.79. The Labute approximate surface area is 192 Å². The van der Waals surface area contributed by atoms with E-state index in [4.69, 9.17) is 4.18 Å². The van der Waals surface area contributed by atoms with Crippen molar-refractivity contribution < 1.29 is 30.6 Å². The van der Waals surface area contributed by atoms with Crippen LogP contribution in [0.5, 0.6) is 5.75 Å². The van der Waals surface area contributed by atoms with Gasteiger partial charge < -0.3 is 4.18 Å². The predicted octanol–water partition coefficient (Wildman–Crippen LogP) is 4.72. The highest BCUT2D eigenvalue weighted by Gasteiger charge is 2.31. The molecular formula is C22H17F3N2O4S2. The van der Waals surface area contributed by atoms with Crippen LogP contribution in [0.2, 0.25) is 0 Å². The molecule has 1 amide bonds. The van der Waals surface area contributed by atoms with Gasteiger partial charge >= 0.3 is 16.3 Å². The Morgan fingerprint density at radius 3 is 2.27 bits per heavy atom. The molecule has 6 nitrogen and oxygen atoms in total. The molecule has 11 heteroatoms. The number of hydrogen-bond donors (Lipinski definition) is 1. The van der Waals surface area contributed by atoms with Crippen LogP contribution < -0.4 is 9.61 Å². The summed E-state index contributed by atoms with van der Waals surface area (Å²) in [7, 11) is -4.40. The molecule has 0 aliphatic carbocycles. The van der Waals surface area contributed by atoms with Gasteiger partial charge in [-0.15, -0.1) is 11.8 Å². The van der Waals surface area contributed by atoms with Gasteiger partial charge in [0.2, 0.25) is 5.91 Å². The Hall–Kier alpha value is -3.31. The summed E-state index contributed by atoms with van der Waals surface area (Å²) in [5.74, 6) is -0.341. The third-order valence-electron chi connectivity index (χ3n) is 4.09. The fourth-order valence-electron chi connectivity index (χ4n) is 2.51. The lowest BCUT2D eigenvalue weighted by Gasteiger charge is -2.11. The van der Waals surface area contributed by atoms with Gasteiger partial charge in [0.1, 0.15) is 4.90 Å². The molecular weight excluding hydrogens is 477 g/mol. The lowest BCUT2D eigenvalue weighted by molar-refractivity contribution is -0.137. The van der Waals surface area contributed by atoms with E-state index in [1.807, 2.05) is 30.3 Å². The number of hydrazone groups is 1. The second kappa shape index (κ2) is 10.5. The first kappa shape index (κ1) is 24.3. The highest BCUT2D eigenvalue weighted by molar-refractivity contribution is 8.00. The van der Waals surface area contributed by atoms with Crippen molar-refractivity contribution >= 4 is 34.0 Å². The molecule has 33 heavy (non-hydrogen) atoms. The highest BCUT2D eigenvalue weighted by atomic mass is 32.2. The minimum Gasteiger partial charge on any atom is -0.378 e. The van der Waals surface area contributed by atoms with Gasteiger partial charge in [0.25, 0.3) is 0 Å². The monoisotopic (exact) mass is 494 g/mol. The van der Waals surface area contributed by atoms with Crippen LogP contribution in [0.15, 0.2) is 93.8 Å². The number of rotatable bonds is 8. The molecule has 172 valence electrons. The predicted molar refractivity (Wildman–Crippen MR) is 119 cm³/mol. The maximum atomic E-state index is 12.7. The molecule has 1 N–H and O–H groups in total. The van der Waals surface area contributed by atoms with E-state index in [1.165, 1.54) is 36.2 Å². The van der Waals surface area contributed by atoms with Crippen molar-refractivity contribution in [1.29, 1.82) is 0 Å². The molecule has 0 radical (unpaired) electrons. The standard InChI is InChI=1S/C22H17F3N2O4S2/c23-22(24,25)17-10-12-19(13-11-17)33(29,30)31-20-9-5-4-6-16(20)14-26-27-21(28)15-32-18-7-2-1-3-8-18/h1-14H,15H2,(H,27,28)/b26-14+. The number of alkyl halides is 3. The number of carbonyl (C=O) groups excluding carboxylic acids is 1. The third kappa shape index (κ3) is 7.09. The van der Waals surface area contributed by atoms with Gasteiger partial charge in [-0.1, -0.05) is 30.3 Å². The molecule has 0 atom stereocenters. The number of para-hydroxylation sites is 1. The molecule has 0 aliphatic rings. The smallest absolute Gasteiger partial charge is 0.378 e. The van der Waals surface area contributed by atoms with E-state index in [2.05, 4.69) is 10.5 Å². The summed E-state index contributed by atoms with van der Waals surface area (Å²) >= 11 is 1.33. The number of thioether (sulfide) groups is 1. The molecule has 0 bridgehead atoms. The number of hydrogen-bond acceptors (Lipinski definition) is 6. The Morgan fingerprint density at radius 1 is 0.970 bits per heavy atom. The Bertz CT molecular complexity index is 1230. The summed E-state index contributed by atoms with van der Waals surface area (Å²) in [5.41, 5.74) is 1.60. The first-order valence-corrected chi connectivity index (χ1v) is 11.7. The molecule has 0 heterocycles. The fraction of sp³-hybridized carbons (Fsp3) is 0.0909. The van der Waals surface area contributed by atoms with E-state index in [9.17, 15) is 26.4 Å². The van der Waals surface area contributed by atoms with Crippen LogP contribution in [0.25, 0.3) is 0 Å². The average molecular weight is 495 g/mol. The zero-order valence-electron chi connectivity index (χ0n) is 16.8. The van der Waals surface area contributed by atoms with Gasteiger partial charge in [-0.25, -0.2) is 5.43 Å². The molecule has 3 aromatic rings. The normalized spacial score (nSPS) is 12.0. The van der Waals surface area contributed by atoms with Gasteiger partial charge in [0, 0.05) is 10.5 Å². The summed E-state index contributed by atoms with van der Waals surface area (Å²) in [6, 6.07) is 18.3. The number of nitrogens with zero attached hydrogens (tertiary/aromatic N) is 1. The minimum absolute atomic E-state index is 0.103. The van der Waals surface area contributed by atoms with Crippen LogP contribution in [0, 0.1) is 0 Å². The minimum atomic E-state index is -4.59. The van der Waals surface area contributed by atoms with E-state index in [0.717, 1.165) is 17.0 Å². The van der Waals surface area contributed by atoms with Gasteiger partial charge in [-0.05, 0) is 48.5 Å². The Kier molecular flexibility index (Phi) is 7.77. The highest BCUT2D eigenvalue weighted by Crippen LogP contribution is 2.30. The lowest BCUT2D eigenvalue weighted by atomic mass is 10.2. The Balaban J connectivity index is 1.65. The maximum Gasteiger partial charge on any atom is 0.416 e. The lowest BCUT2D eigenvalue weighted by Crippen LogP contribution is -2.19. The third-order valence-corrected chi connectivity index (χ3v) is 6.36. The molecule has 0 spiro atoms. The van der Waals surface area contributed by atoms with E-state index in [-0.39, 0.29) is 23.0 Å². The molecule has 0 unspecified atom stereocenters. The van der Waals surface area contributed by atoms with Crippen molar-refractivity contribution in [2.24, 2.45) is 5.10 Å². The first-order valence-electron chi connectivity index (χ1n) is 9.36. The van der Waals surface area contributed by atoms with Crippen molar-refractivity contribution in [2.75, 3.05) is 5.75 Å². The van der Waals surface area contributed by atoms with Gasteiger partial charge in [-0.3, -0.25) is 4.79 Å². The quantitative estimate of drug-likeness (QED) is 0.212. The number of carbonyl (C=O) groups is 1. The molecule has 0 aliphatic heterocycles. The number of benzene rings is 3. The van der Waals surface area contributed by atoms with E-state index in [0.29, 0.717) is 12.1 Å². The maximum absolute atomic E-state index is 12.7. The van der Waals surface area contributed by atoms with Gasteiger partial charge in [0.15, 0.2) is 5.75 Å². The van der Waals surface area contributed by atoms with Crippen LogP contribution >= 0.6 is 11.8 Å². The van der Waals surface area contributed by atoms with Crippen molar-refractivity contribution in [2.45, 2.75) is 16.0 Å². The summed E-state index contributed by atoms with van der Waals surface area (Å²) in [6.45, 7) is 0. The second-order valence-electron chi connectivity index (χ2n) is 6.49. The van der Waals surface area contributed by atoms with Crippen molar-refractivity contribution in [3.05, 3.63) is 90.0 Å². The second-order valence-corrected chi connectivity index (χ2v) is 9.09. The SMILES string of the molecule is O=C(CSc1ccccc1)N/N=C/c1ccccc1OS(=O)(=O)c1ccc(C(F)(F)F)cc1. The summed E-state index contributed by atoms with van der Waals surface area (Å²) in [5, 5.41) is 3.82. The van der Waals surface area contributed by atoms with E-state index in [1.54, 1.807) is 6.07 Å². The fourth-order valence-corrected chi connectivity index (χ4v) is 4.18. The summed E-state index contributed by atoms with van der Waals surface area (Å²) < 4.78 is 68.2. The van der Waals surface area contributed by atoms with E-state index < -0.39 is 26.8 Å². The first-order chi connectivity index (χ1) is 15.6. The van der Waals surface area contributed by atoms with Gasteiger partial charge in [0.05, 0.1) is 17.5 Å². The van der Waals surface area contributed by atoms with Crippen molar-refractivity contribution in [1.82, 2.24) is 5.43 Å². The van der Waals surface area contributed by atoms with Crippen molar-refractivity contribution in [3.63, 3.8) is 0 Å². The number of nitrogens with one attached hydrogen (secondary N) is 1. The van der Waals surface area contributed by atoms with Gasteiger partial charge in [-0.2, -0.15) is 26.7 Å². The molecule has 0 saturated carbocycles. The summed E-state index contributed by atoms with van der Waals surface area (Å²) in [6.07, 6.45) is -3.38.